The van der Waals surface area contributed by atoms with E-state index in [1.807, 2.05) is 43.3 Å². The summed E-state index contributed by atoms with van der Waals surface area (Å²) in [6, 6.07) is 11.6. The average molecular weight is 324 g/mol. The third-order valence-corrected chi connectivity index (χ3v) is 4.19. The van der Waals surface area contributed by atoms with Crippen molar-refractivity contribution in [1.82, 2.24) is 24.5 Å². The van der Waals surface area contributed by atoms with Crippen LogP contribution in [0.2, 0.25) is 0 Å². The fraction of sp³-hybridized carbons (Fsp3) is 0.294. The zero-order valence-corrected chi connectivity index (χ0v) is 13.5. The van der Waals surface area contributed by atoms with Gasteiger partial charge in [-0.2, -0.15) is 10.1 Å². The molecule has 1 aromatic carbocycles. The van der Waals surface area contributed by atoms with E-state index in [0.29, 0.717) is 18.2 Å². The molecule has 0 fully saturated rings. The van der Waals surface area contributed by atoms with E-state index in [4.69, 9.17) is 0 Å². The van der Waals surface area contributed by atoms with E-state index in [0.717, 1.165) is 17.0 Å². The Labute approximate surface area is 138 Å². The highest BCUT2D eigenvalue weighted by atomic mass is 19.1. The third-order valence-electron chi connectivity index (χ3n) is 4.19. The van der Waals surface area contributed by atoms with E-state index in [2.05, 4.69) is 20.2 Å². The predicted octanol–water partition coefficient (Wildman–Crippen LogP) is 2.82. The highest BCUT2D eigenvalue weighted by molar-refractivity contribution is 5.76. The van der Waals surface area contributed by atoms with Gasteiger partial charge in [-0.05, 0) is 18.6 Å². The van der Waals surface area contributed by atoms with Crippen LogP contribution < -0.4 is 0 Å². The van der Waals surface area contributed by atoms with Gasteiger partial charge in [0.25, 0.3) is 5.95 Å². The average Bonchev–Trinajstić information content (AvgIpc) is 3.24. The Balaban J connectivity index is 1.76. The van der Waals surface area contributed by atoms with Crippen molar-refractivity contribution >= 4 is 6.21 Å². The van der Waals surface area contributed by atoms with Crippen LogP contribution in [0.15, 0.2) is 41.4 Å². The Morgan fingerprint density at radius 1 is 1.25 bits per heavy atom. The largest absolute Gasteiger partial charge is 0.294 e. The van der Waals surface area contributed by atoms with Crippen molar-refractivity contribution in [1.29, 1.82) is 0 Å². The topological polar surface area (TPSA) is 60.9 Å². The maximum Gasteiger partial charge on any atom is 0.270 e. The van der Waals surface area contributed by atoms with Crippen LogP contribution in [-0.4, -0.2) is 37.8 Å². The molecular formula is C17H17FN6. The molecule has 1 aliphatic rings. The number of aryl methyl sites for hydroxylation is 1. The molecule has 7 heteroatoms. The molecule has 0 spiro atoms. The molecule has 0 radical (unpaired) electrons. The van der Waals surface area contributed by atoms with E-state index in [1.54, 1.807) is 22.6 Å². The molecule has 1 aliphatic heterocycles. The summed E-state index contributed by atoms with van der Waals surface area (Å²) in [6.45, 7) is 1.91. The van der Waals surface area contributed by atoms with Crippen LogP contribution in [0.3, 0.4) is 0 Å². The van der Waals surface area contributed by atoms with Gasteiger partial charge >= 0.3 is 0 Å². The fourth-order valence-electron chi connectivity index (χ4n) is 3.11. The summed E-state index contributed by atoms with van der Waals surface area (Å²) in [7, 11) is 1.69. The maximum absolute atomic E-state index is 14.4. The van der Waals surface area contributed by atoms with Crippen LogP contribution in [-0.2, 0) is 0 Å². The first-order chi connectivity index (χ1) is 11.7. The molecule has 6 nitrogen and oxygen atoms in total. The minimum absolute atomic E-state index is 0.134. The van der Waals surface area contributed by atoms with E-state index in [1.165, 1.54) is 0 Å². The predicted molar refractivity (Wildman–Crippen MR) is 88.4 cm³/mol. The van der Waals surface area contributed by atoms with E-state index >= 15 is 0 Å². The first kappa shape index (κ1) is 14.7. The van der Waals surface area contributed by atoms with Crippen LogP contribution >= 0.6 is 0 Å². The van der Waals surface area contributed by atoms with Gasteiger partial charge in [-0.25, -0.2) is 13.8 Å². The van der Waals surface area contributed by atoms with E-state index in [9.17, 15) is 4.39 Å². The number of hydrogen-bond donors (Lipinski definition) is 0. The Kier molecular flexibility index (Phi) is 3.48. The van der Waals surface area contributed by atoms with Crippen LogP contribution in [0.5, 0.6) is 0 Å². The van der Waals surface area contributed by atoms with Crippen molar-refractivity contribution < 1.29 is 4.39 Å². The van der Waals surface area contributed by atoms with E-state index in [-0.39, 0.29) is 6.04 Å². The van der Waals surface area contributed by atoms with Crippen molar-refractivity contribution in [2.24, 2.45) is 4.99 Å². The normalized spacial score (nSPS) is 20.0. The van der Waals surface area contributed by atoms with Crippen LogP contribution in [0.4, 0.5) is 4.39 Å². The molecule has 2 atom stereocenters. The number of rotatable bonds is 3. The molecule has 0 N–H and O–H groups in total. The Hall–Kier alpha value is -2.83. The zero-order valence-electron chi connectivity index (χ0n) is 13.5. The van der Waals surface area contributed by atoms with Crippen molar-refractivity contribution in [3.63, 3.8) is 0 Å². The number of hydrogen-bond acceptors (Lipinski definition) is 4. The first-order valence-electron chi connectivity index (χ1n) is 7.82. The van der Waals surface area contributed by atoms with Crippen molar-refractivity contribution in [3.8, 4) is 5.95 Å². The summed E-state index contributed by atoms with van der Waals surface area (Å²) in [5.41, 5.74) is 2.63. The molecule has 24 heavy (non-hydrogen) atoms. The van der Waals surface area contributed by atoms with Crippen molar-refractivity contribution in [3.05, 3.63) is 59.2 Å². The summed E-state index contributed by atoms with van der Waals surface area (Å²) in [5, 5.41) is 8.94. The molecule has 2 aromatic heterocycles. The number of halogens is 1. The highest BCUT2D eigenvalue weighted by Gasteiger charge is 2.35. The molecule has 0 unspecified atom stereocenters. The lowest BCUT2D eigenvalue weighted by Gasteiger charge is -2.11. The van der Waals surface area contributed by atoms with Gasteiger partial charge in [0.2, 0.25) is 0 Å². The smallest absolute Gasteiger partial charge is 0.270 e. The summed E-state index contributed by atoms with van der Waals surface area (Å²) < 4.78 is 17.7. The maximum atomic E-state index is 14.4. The standard InChI is InChI=1S/C17H17FN6/c1-11-8-13(10-19-2)21-23(11)17-20-16-14(18)9-15(24(16)22-17)12-6-4-3-5-7-12/h3-8,10,14-15H,9H2,1-2H3/t14-,15-/m0/s1. The van der Waals surface area contributed by atoms with Gasteiger partial charge in [-0.1, -0.05) is 30.3 Å². The van der Waals surface area contributed by atoms with Crippen LogP contribution in [0.1, 0.15) is 41.4 Å². The molecule has 0 bridgehead atoms. The first-order valence-corrected chi connectivity index (χ1v) is 7.82. The quantitative estimate of drug-likeness (QED) is 0.696. The lowest BCUT2D eigenvalue weighted by atomic mass is 10.0. The second-order valence-electron chi connectivity index (χ2n) is 5.85. The van der Waals surface area contributed by atoms with Gasteiger partial charge in [0.15, 0.2) is 12.0 Å². The van der Waals surface area contributed by atoms with Gasteiger partial charge in [0, 0.05) is 25.4 Å². The summed E-state index contributed by atoms with van der Waals surface area (Å²) in [5.74, 6) is 0.751. The van der Waals surface area contributed by atoms with Gasteiger partial charge in [-0.15, -0.1) is 5.10 Å². The van der Waals surface area contributed by atoms with Crippen molar-refractivity contribution in [2.75, 3.05) is 7.05 Å². The fourth-order valence-corrected chi connectivity index (χ4v) is 3.11. The molecule has 4 rings (SSSR count). The molecule has 0 saturated heterocycles. The lowest BCUT2D eigenvalue weighted by molar-refractivity contribution is 0.328. The molecular weight excluding hydrogens is 307 g/mol. The minimum Gasteiger partial charge on any atom is -0.294 e. The molecule has 122 valence electrons. The van der Waals surface area contributed by atoms with Crippen molar-refractivity contribution in [2.45, 2.75) is 25.6 Å². The van der Waals surface area contributed by atoms with Gasteiger partial charge in [0.1, 0.15) is 5.69 Å². The third kappa shape index (κ3) is 2.33. The number of aliphatic imine (C=N–C) groups is 1. The Bertz CT molecular complexity index is 895. The summed E-state index contributed by atoms with van der Waals surface area (Å²) in [6.07, 6.45) is 0.910. The van der Waals surface area contributed by atoms with Crippen LogP contribution in [0.25, 0.3) is 5.95 Å². The lowest BCUT2D eigenvalue weighted by Crippen LogP contribution is -2.09. The molecule has 0 saturated carbocycles. The highest BCUT2D eigenvalue weighted by Crippen LogP contribution is 2.39. The zero-order chi connectivity index (χ0) is 16.7. The number of alkyl halides is 1. The monoisotopic (exact) mass is 324 g/mol. The van der Waals surface area contributed by atoms with Gasteiger partial charge in [0.05, 0.1) is 6.04 Å². The molecule has 0 aliphatic carbocycles. The summed E-state index contributed by atoms with van der Waals surface area (Å²) in [4.78, 5) is 8.35. The number of aromatic nitrogens is 5. The molecule has 3 aromatic rings. The van der Waals surface area contributed by atoms with E-state index < -0.39 is 6.17 Å². The van der Waals surface area contributed by atoms with Crippen LogP contribution in [0, 0.1) is 6.92 Å². The summed E-state index contributed by atoms with van der Waals surface area (Å²) >= 11 is 0. The Morgan fingerprint density at radius 2 is 2.04 bits per heavy atom. The second-order valence-corrected chi connectivity index (χ2v) is 5.85. The number of nitrogens with zero attached hydrogens (tertiary/aromatic N) is 6. The minimum atomic E-state index is -1.12. The van der Waals surface area contributed by atoms with Gasteiger partial charge < -0.3 is 0 Å². The number of benzene rings is 1. The molecule has 0 amide bonds. The molecule has 3 heterocycles. The second kappa shape index (κ2) is 5.67. The Morgan fingerprint density at radius 3 is 2.79 bits per heavy atom. The SMILES string of the molecule is CN=Cc1cc(C)n(-c2nc3n(n2)[C@H](c2ccccc2)C[C@@H]3F)n1. The van der Waals surface area contributed by atoms with Gasteiger partial charge in [-0.3, -0.25) is 4.99 Å². The number of fused-ring (bicyclic) bond motifs is 1.